The number of amides is 3. The van der Waals surface area contributed by atoms with Crippen LogP contribution in [-0.2, 0) is 32.6 Å². The summed E-state index contributed by atoms with van der Waals surface area (Å²) in [6.45, 7) is 3.46. The van der Waals surface area contributed by atoms with Crippen LogP contribution in [0.1, 0.15) is 54.6 Å². The summed E-state index contributed by atoms with van der Waals surface area (Å²) in [5, 5.41) is 2.95. The molecule has 2 atom stereocenters. The Balaban J connectivity index is 1.58. The van der Waals surface area contributed by atoms with Crippen molar-refractivity contribution in [3.63, 3.8) is 0 Å². The van der Waals surface area contributed by atoms with Crippen molar-refractivity contribution in [2.75, 3.05) is 6.54 Å². The maximum atomic E-state index is 14.7. The van der Waals surface area contributed by atoms with Crippen molar-refractivity contribution in [3.05, 3.63) is 101 Å². The number of hydrogen-bond acceptors (Lipinski definition) is 5. The molecule has 0 unspecified atom stereocenters. The highest BCUT2D eigenvalue weighted by Crippen LogP contribution is 2.30. The Morgan fingerprint density at radius 1 is 0.976 bits per heavy atom. The summed E-state index contributed by atoms with van der Waals surface area (Å²) < 4.78 is 41.4. The predicted molar refractivity (Wildman–Crippen MR) is 153 cm³/mol. The van der Waals surface area contributed by atoms with Crippen LogP contribution in [0, 0.1) is 5.82 Å². The van der Waals surface area contributed by atoms with Gasteiger partial charge in [0, 0.05) is 37.5 Å². The van der Waals surface area contributed by atoms with E-state index in [4.69, 9.17) is 0 Å². The first-order valence-electron chi connectivity index (χ1n) is 13.7. The fourth-order valence-corrected chi connectivity index (χ4v) is 6.38. The standard InChI is InChI=1S/C31H34FN3O5S/c1-3-22(2)33-30(37)27(20-23-12-5-4-6-13-23)34(21-24-14-7-9-16-26(24)32)29(36)18-11-19-35-31(38)25-15-8-10-17-28(25)41(35,39)40/h4-10,12-17,22,27H,3,11,18-21H2,1-2H3,(H,33,37)/t22-,27-/m1/s1. The summed E-state index contributed by atoms with van der Waals surface area (Å²) in [7, 11) is -4.01. The maximum absolute atomic E-state index is 14.7. The van der Waals surface area contributed by atoms with Gasteiger partial charge < -0.3 is 10.2 Å². The Hall–Kier alpha value is -4.05. The van der Waals surface area contributed by atoms with E-state index in [9.17, 15) is 27.2 Å². The topological polar surface area (TPSA) is 104 Å². The molecule has 3 aromatic rings. The van der Waals surface area contributed by atoms with Crippen LogP contribution < -0.4 is 5.32 Å². The molecule has 8 nitrogen and oxygen atoms in total. The van der Waals surface area contributed by atoms with Gasteiger partial charge in [-0.05, 0) is 43.5 Å². The van der Waals surface area contributed by atoms with Crippen LogP contribution in [0.15, 0.2) is 83.8 Å². The van der Waals surface area contributed by atoms with Crippen molar-refractivity contribution in [1.29, 1.82) is 0 Å². The molecule has 0 radical (unpaired) electrons. The monoisotopic (exact) mass is 579 g/mol. The number of halogens is 1. The maximum Gasteiger partial charge on any atom is 0.269 e. The van der Waals surface area contributed by atoms with E-state index in [0.29, 0.717) is 6.42 Å². The minimum absolute atomic E-state index is 0.0383. The van der Waals surface area contributed by atoms with Gasteiger partial charge in [0.15, 0.2) is 0 Å². The van der Waals surface area contributed by atoms with Gasteiger partial charge in [-0.3, -0.25) is 14.4 Å². The lowest BCUT2D eigenvalue weighted by molar-refractivity contribution is -0.141. The summed E-state index contributed by atoms with van der Waals surface area (Å²) in [4.78, 5) is 41.4. The Bertz CT molecular complexity index is 1510. The lowest BCUT2D eigenvalue weighted by atomic mass is 10.0. The van der Waals surface area contributed by atoms with Crippen LogP contribution in [0.3, 0.4) is 0 Å². The van der Waals surface area contributed by atoms with Crippen LogP contribution in [-0.4, -0.2) is 54.0 Å². The summed E-state index contributed by atoms with van der Waals surface area (Å²) in [5.74, 6) is -1.94. The molecule has 0 aliphatic carbocycles. The van der Waals surface area contributed by atoms with E-state index >= 15 is 0 Å². The molecule has 0 bridgehead atoms. The molecule has 4 rings (SSSR count). The number of carbonyl (C=O) groups is 3. The molecule has 0 fully saturated rings. The molecular weight excluding hydrogens is 545 g/mol. The van der Waals surface area contributed by atoms with Crippen LogP contribution >= 0.6 is 0 Å². The minimum Gasteiger partial charge on any atom is -0.352 e. The molecule has 10 heteroatoms. The molecule has 3 amide bonds. The van der Waals surface area contributed by atoms with Crippen molar-refractivity contribution >= 4 is 27.7 Å². The second-order valence-corrected chi connectivity index (χ2v) is 11.9. The molecule has 0 aromatic heterocycles. The number of sulfonamides is 1. The normalized spacial score (nSPS) is 15.2. The first-order chi connectivity index (χ1) is 19.6. The molecule has 0 saturated carbocycles. The van der Waals surface area contributed by atoms with Crippen molar-refractivity contribution in [3.8, 4) is 0 Å². The number of fused-ring (bicyclic) bond motifs is 1. The number of hydrogen-bond donors (Lipinski definition) is 1. The molecule has 1 N–H and O–H groups in total. The smallest absolute Gasteiger partial charge is 0.269 e. The average molecular weight is 580 g/mol. The van der Waals surface area contributed by atoms with Crippen LogP contribution in [0.2, 0.25) is 0 Å². The van der Waals surface area contributed by atoms with Gasteiger partial charge in [0.1, 0.15) is 16.8 Å². The summed E-state index contributed by atoms with van der Waals surface area (Å²) in [6, 6.07) is 20.2. The number of benzene rings is 3. The van der Waals surface area contributed by atoms with Crippen molar-refractivity contribution in [1.82, 2.24) is 14.5 Å². The first-order valence-corrected chi connectivity index (χ1v) is 15.1. The third-order valence-corrected chi connectivity index (χ3v) is 9.08. The highest BCUT2D eigenvalue weighted by Gasteiger charge is 2.40. The average Bonchev–Trinajstić information content (AvgIpc) is 3.16. The van der Waals surface area contributed by atoms with Gasteiger partial charge in [0.2, 0.25) is 11.8 Å². The molecule has 1 aliphatic rings. The molecule has 0 saturated heterocycles. The first kappa shape index (κ1) is 29.9. The molecule has 41 heavy (non-hydrogen) atoms. The van der Waals surface area contributed by atoms with E-state index in [1.54, 1.807) is 30.3 Å². The van der Waals surface area contributed by atoms with Gasteiger partial charge in [-0.25, -0.2) is 17.1 Å². The SMILES string of the molecule is CC[C@@H](C)NC(=O)[C@@H](Cc1ccccc1)N(Cc1ccccc1F)C(=O)CCCN1C(=O)c2ccccc2S1(=O)=O. The quantitative estimate of drug-likeness (QED) is 0.345. The highest BCUT2D eigenvalue weighted by atomic mass is 32.2. The minimum atomic E-state index is -4.01. The van der Waals surface area contributed by atoms with E-state index in [0.717, 1.165) is 9.87 Å². The van der Waals surface area contributed by atoms with E-state index in [1.807, 2.05) is 44.2 Å². The van der Waals surface area contributed by atoms with Gasteiger partial charge in [-0.2, -0.15) is 0 Å². The number of rotatable bonds is 12. The van der Waals surface area contributed by atoms with Gasteiger partial charge in [-0.15, -0.1) is 0 Å². The van der Waals surface area contributed by atoms with Gasteiger partial charge in [0.05, 0.1) is 5.56 Å². The Morgan fingerprint density at radius 2 is 1.63 bits per heavy atom. The number of nitrogens with zero attached hydrogens (tertiary/aromatic N) is 2. The molecule has 0 spiro atoms. The van der Waals surface area contributed by atoms with E-state index < -0.39 is 33.7 Å². The van der Waals surface area contributed by atoms with Crippen molar-refractivity contribution in [2.45, 2.75) is 63.1 Å². The number of nitrogens with one attached hydrogen (secondary N) is 1. The van der Waals surface area contributed by atoms with Crippen LogP contribution in [0.5, 0.6) is 0 Å². The Labute approximate surface area is 240 Å². The fraction of sp³-hybridized carbons (Fsp3) is 0.323. The third kappa shape index (κ3) is 6.82. The largest absolute Gasteiger partial charge is 0.352 e. The van der Waals surface area contributed by atoms with E-state index in [2.05, 4.69) is 5.32 Å². The van der Waals surface area contributed by atoms with Crippen molar-refractivity contribution < 1.29 is 27.2 Å². The Morgan fingerprint density at radius 3 is 2.32 bits per heavy atom. The molecule has 3 aromatic carbocycles. The number of carbonyl (C=O) groups excluding carboxylic acids is 3. The van der Waals surface area contributed by atoms with E-state index in [-0.39, 0.29) is 60.3 Å². The molecule has 1 aliphatic heterocycles. The van der Waals surface area contributed by atoms with E-state index in [1.165, 1.54) is 23.1 Å². The summed E-state index contributed by atoms with van der Waals surface area (Å²) >= 11 is 0. The summed E-state index contributed by atoms with van der Waals surface area (Å²) in [5.41, 5.74) is 1.18. The zero-order valence-electron chi connectivity index (χ0n) is 23.1. The summed E-state index contributed by atoms with van der Waals surface area (Å²) in [6.07, 6.45) is 0.784. The fourth-order valence-electron chi connectivity index (χ4n) is 4.77. The van der Waals surface area contributed by atoms with Gasteiger partial charge >= 0.3 is 0 Å². The molecule has 1 heterocycles. The predicted octanol–water partition coefficient (Wildman–Crippen LogP) is 4.31. The molecular formula is C31H34FN3O5S. The third-order valence-electron chi connectivity index (χ3n) is 7.23. The lowest BCUT2D eigenvalue weighted by Gasteiger charge is -2.32. The Kier molecular flexibility index (Phi) is 9.54. The van der Waals surface area contributed by atoms with Gasteiger partial charge in [-0.1, -0.05) is 67.6 Å². The van der Waals surface area contributed by atoms with Gasteiger partial charge in [0.25, 0.3) is 15.9 Å². The van der Waals surface area contributed by atoms with Crippen LogP contribution in [0.25, 0.3) is 0 Å². The van der Waals surface area contributed by atoms with Crippen LogP contribution in [0.4, 0.5) is 4.39 Å². The highest BCUT2D eigenvalue weighted by molar-refractivity contribution is 7.90. The molecule has 216 valence electrons. The van der Waals surface area contributed by atoms with Crippen molar-refractivity contribution in [2.24, 2.45) is 0 Å². The second kappa shape index (κ2) is 13.1. The zero-order chi connectivity index (χ0) is 29.6. The lowest BCUT2D eigenvalue weighted by Crippen LogP contribution is -2.52. The second-order valence-electron chi connectivity index (χ2n) is 10.1. The zero-order valence-corrected chi connectivity index (χ0v) is 23.9.